The Kier molecular flexibility index (Phi) is 12.0. The molecule has 0 saturated carbocycles. The summed E-state index contributed by atoms with van der Waals surface area (Å²) in [5.74, 6) is -2.14. The molecule has 0 aromatic rings. The molecule has 0 bridgehead atoms. The maximum Gasteiger partial charge on any atom is 0.320 e. The minimum Gasteiger partial charge on any atom is -0.550 e. The fraction of sp³-hybridized carbons (Fsp3) is 0.846. The van der Waals surface area contributed by atoms with Crippen LogP contribution in [-0.2, 0) is 9.59 Å². The maximum atomic E-state index is 10.1. The molecule has 0 aliphatic carbocycles. The standard InChI is InChI=1S/C7H15NO3.C6H14N2O2/c1-8(2,3)5-6(9)4-7(10)11;7-4-2-1-3-5(8)6(9)10/h6,9H,4-5H2,1-3H3;5H,1-4,7-8H2,(H,9,10). The molecule has 8 heteroatoms. The molecule has 2 atom stereocenters. The Hall–Kier alpha value is -1.22. The van der Waals surface area contributed by atoms with Gasteiger partial charge in [0.15, 0.2) is 0 Å². The normalized spacial score (nSPS) is 13.8. The number of carbonyl (C=O) groups is 2. The minimum absolute atomic E-state index is 0.282. The Bertz CT molecular complexity index is 305. The van der Waals surface area contributed by atoms with Gasteiger partial charge in [0.2, 0.25) is 0 Å². The van der Waals surface area contributed by atoms with Crippen LogP contribution >= 0.6 is 0 Å². The Labute approximate surface area is 125 Å². The first-order chi connectivity index (χ1) is 9.49. The molecule has 0 fully saturated rings. The van der Waals surface area contributed by atoms with Crippen molar-refractivity contribution in [3.8, 4) is 0 Å². The van der Waals surface area contributed by atoms with Crippen molar-refractivity contribution in [2.45, 2.75) is 37.8 Å². The molecule has 126 valence electrons. The Balaban J connectivity index is 0. The highest BCUT2D eigenvalue weighted by Crippen LogP contribution is 1.98. The van der Waals surface area contributed by atoms with E-state index in [2.05, 4.69) is 0 Å². The fourth-order valence-electron chi connectivity index (χ4n) is 1.52. The van der Waals surface area contributed by atoms with Gasteiger partial charge in [-0.2, -0.15) is 0 Å². The second-order valence-electron chi connectivity index (χ2n) is 5.93. The fourth-order valence-corrected chi connectivity index (χ4v) is 1.52. The van der Waals surface area contributed by atoms with Crippen LogP contribution in [0.3, 0.4) is 0 Å². The van der Waals surface area contributed by atoms with Crippen molar-refractivity contribution < 1.29 is 29.4 Å². The first kappa shape index (κ1) is 22.1. The number of unbranched alkanes of at least 4 members (excludes halogenated alkanes) is 1. The summed E-state index contributed by atoms with van der Waals surface area (Å²) < 4.78 is 0.550. The SMILES string of the molecule is C[N+](C)(C)CC(O)CC(=O)[O-].NCCCCC(N)C(=O)O. The molecule has 0 aliphatic rings. The van der Waals surface area contributed by atoms with Gasteiger partial charge in [-0.3, -0.25) is 4.79 Å². The van der Waals surface area contributed by atoms with Crippen LogP contribution in [0.4, 0.5) is 0 Å². The lowest BCUT2D eigenvalue weighted by atomic mass is 10.1. The quantitative estimate of drug-likeness (QED) is 0.277. The number of hydrogen-bond acceptors (Lipinski definition) is 6. The van der Waals surface area contributed by atoms with Gasteiger partial charge < -0.3 is 36.1 Å². The molecular formula is C13H29N3O5. The van der Waals surface area contributed by atoms with Gasteiger partial charge in [-0.05, 0) is 19.4 Å². The molecule has 0 aromatic carbocycles. The molecule has 0 saturated heterocycles. The van der Waals surface area contributed by atoms with Crippen LogP contribution in [0.15, 0.2) is 0 Å². The number of carbonyl (C=O) groups excluding carboxylic acids is 1. The summed E-state index contributed by atoms with van der Waals surface area (Å²) in [5, 5.41) is 27.5. The molecule has 6 N–H and O–H groups in total. The number of aliphatic carboxylic acids is 2. The molecule has 0 heterocycles. The van der Waals surface area contributed by atoms with Crippen molar-refractivity contribution in [2.75, 3.05) is 34.2 Å². The number of quaternary nitrogens is 1. The second kappa shape index (κ2) is 11.4. The molecule has 0 amide bonds. The zero-order chi connectivity index (χ0) is 17.1. The predicted molar refractivity (Wildman–Crippen MR) is 77.0 cm³/mol. The number of nitrogens with zero attached hydrogens (tertiary/aromatic N) is 1. The molecule has 0 rings (SSSR count). The third-order valence-corrected chi connectivity index (χ3v) is 2.45. The van der Waals surface area contributed by atoms with Crippen molar-refractivity contribution >= 4 is 11.9 Å². The number of aliphatic hydroxyl groups excluding tert-OH is 1. The molecular weight excluding hydrogens is 278 g/mol. The number of carboxylic acids is 2. The Morgan fingerprint density at radius 3 is 2.10 bits per heavy atom. The summed E-state index contributed by atoms with van der Waals surface area (Å²) in [6.45, 7) is 1.03. The number of likely N-dealkylation sites (N-methyl/N-ethyl adjacent to an activating group) is 1. The monoisotopic (exact) mass is 307 g/mol. The molecule has 21 heavy (non-hydrogen) atoms. The van der Waals surface area contributed by atoms with Gasteiger partial charge in [0.05, 0.1) is 21.1 Å². The van der Waals surface area contributed by atoms with Crippen LogP contribution in [0.1, 0.15) is 25.7 Å². The summed E-state index contributed by atoms with van der Waals surface area (Å²) in [7, 11) is 5.66. The Morgan fingerprint density at radius 2 is 1.76 bits per heavy atom. The van der Waals surface area contributed by atoms with E-state index in [1.807, 2.05) is 21.1 Å². The van der Waals surface area contributed by atoms with E-state index in [-0.39, 0.29) is 6.42 Å². The summed E-state index contributed by atoms with van der Waals surface area (Å²) in [5.41, 5.74) is 10.4. The highest BCUT2D eigenvalue weighted by atomic mass is 16.4. The lowest BCUT2D eigenvalue weighted by Crippen LogP contribution is -2.43. The van der Waals surface area contributed by atoms with Crippen LogP contribution in [0, 0.1) is 0 Å². The number of aliphatic hydroxyl groups is 1. The molecule has 0 aliphatic heterocycles. The Morgan fingerprint density at radius 1 is 1.24 bits per heavy atom. The summed E-state index contributed by atoms with van der Waals surface area (Å²) in [4.78, 5) is 20.2. The second-order valence-corrected chi connectivity index (χ2v) is 5.93. The van der Waals surface area contributed by atoms with E-state index >= 15 is 0 Å². The smallest absolute Gasteiger partial charge is 0.320 e. The average molecular weight is 307 g/mol. The minimum atomic E-state index is -1.20. The van der Waals surface area contributed by atoms with Gasteiger partial charge in [-0.25, -0.2) is 0 Å². The zero-order valence-corrected chi connectivity index (χ0v) is 13.1. The van der Waals surface area contributed by atoms with Crippen LogP contribution in [0.5, 0.6) is 0 Å². The van der Waals surface area contributed by atoms with E-state index in [0.29, 0.717) is 24.0 Å². The topological polar surface area (TPSA) is 150 Å². The zero-order valence-electron chi connectivity index (χ0n) is 13.1. The van der Waals surface area contributed by atoms with Gasteiger partial charge in [0.25, 0.3) is 0 Å². The van der Waals surface area contributed by atoms with Crippen molar-refractivity contribution in [1.29, 1.82) is 0 Å². The van der Waals surface area contributed by atoms with Crippen molar-refractivity contribution in [2.24, 2.45) is 11.5 Å². The van der Waals surface area contributed by atoms with Crippen LogP contribution in [0.2, 0.25) is 0 Å². The summed E-state index contributed by atoms with van der Waals surface area (Å²) in [6, 6.07) is -0.716. The lowest BCUT2D eigenvalue weighted by molar-refractivity contribution is -0.873. The van der Waals surface area contributed by atoms with E-state index in [0.717, 1.165) is 12.8 Å². The number of carboxylic acid groups (broad SMARTS) is 2. The van der Waals surface area contributed by atoms with Gasteiger partial charge in [-0.1, -0.05) is 6.42 Å². The van der Waals surface area contributed by atoms with Gasteiger partial charge >= 0.3 is 5.97 Å². The highest BCUT2D eigenvalue weighted by Gasteiger charge is 2.14. The molecule has 0 radical (unpaired) electrons. The highest BCUT2D eigenvalue weighted by molar-refractivity contribution is 5.72. The van der Waals surface area contributed by atoms with Gasteiger partial charge in [0, 0.05) is 12.4 Å². The van der Waals surface area contributed by atoms with Crippen molar-refractivity contribution in [1.82, 2.24) is 0 Å². The maximum absolute atomic E-state index is 10.1. The van der Waals surface area contributed by atoms with Gasteiger partial charge in [0.1, 0.15) is 18.7 Å². The average Bonchev–Trinajstić information content (AvgIpc) is 2.25. The summed E-state index contributed by atoms with van der Waals surface area (Å²) >= 11 is 0. The van der Waals surface area contributed by atoms with E-state index in [4.69, 9.17) is 21.7 Å². The molecule has 0 aromatic heterocycles. The van der Waals surface area contributed by atoms with Gasteiger partial charge in [-0.15, -0.1) is 0 Å². The first-order valence-corrected chi connectivity index (χ1v) is 6.86. The molecule has 2 unspecified atom stereocenters. The number of hydrogen-bond donors (Lipinski definition) is 4. The molecule has 8 nitrogen and oxygen atoms in total. The lowest BCUT2D eigenvalue weighted by Gasteiger charge is -2.26. The summed E-state index contributed by atoms with van der Waals surface area (Å²) in [6.07, 6.45) is 1.08. The van der Waals surface area contributed by atoms with E-state index in [9.17, 15) is 14.7 Å². The first-order valence-electron chi connectivity index (χ1n) is 6.86. The molecule has 0 spiro atoms. The largest absolute Gasteiger partial charge is 0.550 e. The van der Waals surface area contributed by atoms with Crippen molar-refractivity contribution in [3.05, 3.63) is 0 Å². The predicted octanol–water partition coefficient (Wildman–Crippen LogP) is -2.28. The third-order valence-electron chi connectivity index (χ3n) is 2.45. The van der Waals surface area contributed by atoms with Crippen LogP contribution in [0.25, 0.3) is 0 Å². The third kappa shape index (κ3) is 18.8. The van der Waals surface area contributed by atoms with E-state index in [1.54, 1.807) is 0 Å². The van der Waals surface area contributed by atoms with Crippen molar-refractivity contribution in [3.63, 3.8) is 0 Å². The van der Waals surface area contributed by atoms with Crippen LogP contribution < -0.4 is 16.6 Å². The van der Waals surface area contributed by atoms with E-state index in [1.165, 1.54) is 0 Å². The number of rotatable bonds is 9. The van der Waals surface area contributed by atoms with E-state index < -0.39 is 24.1 Å². The number of nitrogens with two attached hydrogens (primary N) is 2. The van der Waals surface area contributed by atoms with Crippen LogP contribution in [-0.4, -0.2) is 73.0 Å².